The third kappa shape index (κ3) is 6.37. The maximum Gasteiger partial charge on any atom is 0.345 e. The number of para-hydroxylation sites is 1. The average molecular weight is 506 g/mol. The molecule has 1 heterocycles. The number of aromatic carboxylic acids is 1. The van der Waals surface area contributed by atoms with E-state index in [-0.39, 0.29) is 21.8 Å². The summed E-state index contributed by atoms with van der Waals surface area (Å²) in [5, 5.41) is 12.8. The second-order valence-electron chi connectivity index (χ2n) is 7.36. The van der Waals surface area contributed by atoms with Crippen molar-refractivity contribution in [1.82, 2.24) is 5.09 Å². The normalized spacial score (nSPS) is 13.8. The largest absolute Gasteiger partial charge is 0.477 e. The molecule has 0 aliphatic carbocycles. The fourth-order valence-electron chi connectivity index (χ4n) is 2.97. The number of ether oxygens (including phenoxy) is 1. The number of halogens is 1. The van der Waals surface area contributed by atoms with Gasteiger partial charge >= 0.3 is 19.5 Å². The quantitative estimate of drug-likeness (QED) is 0.223. The van der Waals surface area contributed by atoms with Gasteiger partial charge in [0.15, 0.2) is 6.04 Å². The third-order valence-electron chi connectivity index (χ3n) is 4.34. The molecule has 1 aromatic heterocycles. The number of terminal acetylenes is 1. The number of thiophene rings is 1. The predicted octanol–water partition coefficient (Wildman–Crippen LogP) is 5.57. The lowest BCUT2D eigenvalue weighted by Gasteiger charge is -2.24. The summed E-state index contributed by atoms with van der Waals surface area (Å²) in [5.41, 5.74) is 0.591. The zero-order chi connectivity index (χ0) is 24.2. The second-order valence-corrected chi connectivity index (χ2v) is 11.0. The van der Waals surface area contributed by atoms with E-state index >= 15 is 0 Å². The molecule has 0 fully saturated rings. The van der Waals surface area contributed by atoms with Crippen molar-refractivity contribution in [3.63, 3.8) is 0 Å². The van der Waals surface area contributed by atoms with Crippen LogP contribution in [0.15, 0.2) is 48.5 Å². The van der Waals surface area contributed by atoms with Gasteiger partial charge in [-0.05, 0) is 55.1 Å². The molecule has 2 atom stereocenters. The zero-order valence-electron chi connectivity index (χ0n) is 17.8. The summed E-state index contributed by atoms with van der Waals surface area (Å²) in [6.45, 7) is 3.35. The molecule has 10 heteroatoms. The molecule has 2 aromatic carbocycles. The Morgan fingerprint density at radius 3 is 2.61 bits per heavy atom. The first-order chi connectivity index (χ1) is 15.6. The number of rotatable bonds is 9. The van der Waals surface area contributed by atoms with Crippen molar-refractivity contribution in [2.75, 3.05) is 0 Å². The highest BCUT2D eigenvalue weighted by Crippen LogP contribution is 2.49. The molecule has 0 saturated heterocycles. The molecule has 3 rings (SSSR count). The molecule has 0 saturated carbocycles. The maximum absolute atomic E-state index is 13.9. The van der Waals surface area contributed by atoms with Crippen LogP contribution in [-0.2, 0) is 20.3 Å². The molecule has 7 nitrogen and oxygen atoms in total. The van der Waals surface area contributed by atoms with Gasteiger partial charge in [-0.1, -0.05) is 35.7 Å². The number of esters is 1. The minimum absolute atomic E-state index is 0.139. The Hall–Kier alpha value is -2.82. The molecule has 0 radical (unpaired) electrons. The Kier molecular flexibility index (Phi) is 7.83. The van der Waals surface area contributed by atoms with Crippen LogP contribution in [0.5, 0.6) is 5.75 Å². The third-order valence-corrected chi connectivity index (χ3v) is 7.69. The van der Waals surface area contributed by atoms with Crippen LogP contribution in [0.2, 0.25) is 5.02 Å². The molecule has 33 heavy (non-hydrogen) atoms. The summed E-state index contributed by atoms with van der Waals surface area (Å²) in [5.74, 6) is 0.645. The lowest BCUT2D eigenvalue weighted by atomic mass is 10.2. The van der Waals surface area contributed by atoms with E-state index in [2.05, 4.69) is 11.0 Å². The number of hydrogen-bond donors (Lipinski definition) is 2. The van der Waals surface area contributed by atoms with Crippen molar-refractivity contribution in [1.29, 1.82) is 0 Å². The van der Waals surface area contributed by atoms with Gasteiger partial charge in [0, 0.05) is 4.70 Å². The Labute approximate surface area is 200 Å². The zero-order valence-corrected chi connectivity index (χ0v) is 20.2. The highest BCUT2D eigenvalue weighted by molar-refractivity contribution is 7.56. The molecule has 0 aliphatic heterocycles. The molecule has 0 bridgehead atoms. The van der Waals surface area contributed by atoms with E-state index in [9.17, 15) is 19.3 Å². The van der Waals surface area contributed by atoms with E-state index in [1.54, 1.807) is 62.4 Å². The van der Waals surface area contributed by atoms with Crippen LogP contribution in [-0.4, -0.2) is 29.2 Å². The van der Waals surface area contributed by atoms with Gasteiger partial charge in [-0.3, -0.25) is 4.57 Å². The van der Waals surface area contributed by atoms with Crippen molar-refractivity contribution >= 4 is 52.5 Å². The summed E-state index contributed by atoms with van der Waals surface area (Å²) in [7, 11) is -3.84. The molecule has 2 N–H and O–H groups in total. The summed E-state index contributed by atoms with van der Waals surface area (Å²) in [6.07, 6.45) is 4.96. The van der Waals surface area contributed by atoms with Crippen molar-refractivity contribution in [2.45, 2.75) is 32.2 Å². The average Bonchev–Trinajstić information content (AvgIpc) is 3.17. The van der Waals surface area contributed by atoms with Gasteiger partial charge in [0.1, 0.15) is 10.6 Å². The standard InChI is InChI=1S/C23H21ClNO6PS/c1-4-18(23(28)30-14(2)3)25-32(29,31-19-8-6-5-7-17(19)24)13-15-9-10-20-16(11-15)12-21(33-20)22(26)27/h1,5-12,14,18H,13H2,2-3H3,(H,25,29)(H,26,27)/t18-,32?/m0/s1. The summed E-state index contributed by atoms with van der Waals surface area (Å²) in [4.78, 5) is 23.9. The first-order valence-corrected chi connectivity index (χ1v) is 12.8. The molecular weight excluding hydrogens is 485 g/mol. The minimum Gasteiger partial charge on any atom is -0.477 e. The first-order valence-electron chi connectivity index (χ1n) is 9.83. The number of hydrogen-bond acceptors (Lipinski definition) is 6. The number of fused-ring (bicyclic) bond motifs is 1. The fraction of sp³-hybridized carbons (Fsp3) is 0.217. The van der Waals surface area contributed by atoms with Crippen molar-refractivity contribution in [2.24, 2.45) is 0 Å². The van der Waals surface area contributed by atoms with E-state index in [0.717, 1.165) is 16.0 Å². The summed E-state index contributed by atoms with van der Waals surface area (Å²) < 4.78 is 25.7. The Balaban J connectivity index is 1.95. The highest BCUT2D eigenvalue weighted by atomic mass is 35.5. The topological polar surface area (TPSA) is 102 Å². The van der Waals surface area contributed by atoms with Gasteiger partial charge in [0.2, 0.25) is 0 Å². The Morgan fingerprint density at radius 1 is 1.24 bits per heavy atom. The predicted molar refractivity (Wildman–Crippen MR) is 129 cm³/mol. The molecular formula is C23H21ClNO6PS. The van der Waals surface area contributed by atoms with Crippen molar-refractivity contribution < 1.29 is 28.5 Å². The SMILES string of the molecule is C#C[C@H](NP(=O)(Cc1ccc2sc(C(=O)O)cc2c1)Oc1ccccc1Cl)C(=O)OC(C)C. The lowest BCUT2D eigenvalue weighted by Crippen LogP contribution is -2.37. The Morgan fingerprint density at radius 2 is 1.97 bits per heavy atom. The molecule has 172 valence electrons. The van der Waals surface area contributed by atoms with Gasteiger partial charge in [-0.15, -0.1) is 17.8 Å². The highest BCUT2D eigenvalue weighted by Gasteiger charge is 2.33. The van der Waals surface area contributed by atoms with Gasteiger partial charge < -0.3 is 14.4 Å². The van der Waals surface area contributed by atoms with Gasteiger partial charge in [-0.25, -0.2) is 14.7 Å². The van der Waals surface area contributed by atoms with E-state index in [1.807, 2.05) is 0 Å². The number of carbonyl (C=O) groups excluding carboxylic acids is 1. The summed E-state index contributed by atoms with van der Waals surface area (Å²) >= 11 is 7.33. The van der Waals surface area contributed by atoms with Crippen LogP contribution < -0.4 is 9.61 Å². The number of carboxylic acids is 1. The van der Waals surface area contributed by atoms with E-state index in [1.165, 1.54) is 0 Å². The van der Waals surface area contributed by atoms with E-state index < -0.39 is 31.6 Å². The number of carboxylic acid groups (broad SMARTS) is 1. The van der Waals surface area contributed by atoms with Crippen molar-refractivity contribution in [3.8, 4) is 18.1 Å². The van der Waals surface area contributed by atoms with Gasteiger partial charge in [0.25, 0.3) is 0 Å². The van der Waals surface area contributed by atoms with Crippen LogP contribution in [0.25, 0.3) is 10.1 Å². The van der Waals surface area contributed by atoms with Crippen LogP contribution in [0, 0.1) is 12.3 Å². The van der Waals surface area contributed by atoms with E-state index in [4.69, 9.17) is 27.3 Å². The maximum atomic E-state index is 13.9. The second kappa shape index (κ2) is 10.4. The fourth-order valence-corrected chi connectivity index (χ4v) is 6.02. The minimum atomic E-state index is -3.84. The molecule has 0 amide bonds. The van der Waals surface area contributed by atoms with Crippen LogP contribution in [0.4, 0.5) is 0 Å². The monoisotopic (exact) mass is 505 g/mol. The smallest absolute Gasteiger partial charge is 0.345 e. The Bertz CT molecular complexity index is 1280. The van der Waals surface area contributed by atoms with Gasteiger partial charge in [-0.2, -0.15) is 0 Å². The molecule has 1 unspecified atom stereocenters. The molecule has 0 aliphatic rings. The number of benzene rings is 2. The number of nitrogens with one attached hydrogen (secondary N) is 1. The molecule has 0 spiro atoms. The lowest BCUT2D eigenvalue weighted by molar-refractivity contribution is -0.147. The number of carbonyl (C=O) groups is 2. The van der Waals surface area contributed by atoms with E-state index in [0.29, 0.717) is 10.9 Å². The van der Waals surface area contributed by atoms with Crippen molar-refractivity contribution in [3.05, 3.63) is 64.0 Å². The molecule has 3 aromatic rings. The summed E-state index contributed by atoms with van der Waals surface area (Å²) in [6, 6.07) is 11.9. The van der Waals surface area contributed by atoms with Gasteiger partial charge in [0.05, 0.1) is 17.3 Å². The first kappa shape index (κ1) is 24.8. The van der Waals surface area contributed by atoms with Crippen LogP contribution >= 0.6 is 30.5 Å². The van der Waals surface area contributed by atoms with Crippen LogP contribution in [0.1, 0.15) is 29.1 Å². The van der Waals surface area contributed by atoms with Crippen LogP contribution in [0.3, 0.4) is 0 Å².